The summed E-state index contributed by atoms with van der Waals surface area (Å²) in [5.74, 6) is -0.581. The summed E-state index contributed by atoms with van der Waals surface area (Å²) < 4.78 is 6.71. The van der Waals surface area contributed by atoms with Crippen LogP contribution in [0.2, 0.25) is 0 Å². The molecule has 0 amide bonds. The van der Waals surface area contributed by atoms with Crippen molar-refractivity contribution in [2.75, 3.05) is 7.11 Å². The Morgan fingerprint density at radius 1 is 1.53 bits per heavy atom. The van der Waals surface area contributed by atoms with Gasteiger partial charge in [0, 0.05) is 7.11 Å². The van der Waals surface area contributed by atoms with Gasteiger partial charge < -0.3 is 19.5 Å². The molecule has 0 fully saturated rings. The van der Waals surface area contributed by atoms with Gasteiger partial charge in [-0.3, -0.25) is 0 Å². The first-order valence-corrected chi connectivity index (χ1v) is 4.96. The molecular weight excluding hydrogens is 224 g/mol. The van der Waals surface area contributed by atoms with E-state index in [0.29, 0.717) is 16.9 Å². The molecule has 0 saturated heterocycles. The number of hydrogen-bond donors (Lipinski definition) is 2. The van der Waals surface area contributed by atoms with E-state index in [9.17, 15) is 9.90 Å². The predicted octanol–water partition coefficient (Wildman–Crippen LogP) is 1.35. The van der Waals surface area contributed by atoms with Crippen LogP contribution in [-0.4, -0.2) is 32.8 Å². The summed E-state index contributed by atoms with van der Waals surface area (Å²) in [6.07, 6.45) is 0. The number of carbonyl (C=O) groups is 1. The number of rotatable bonds is 3. The van der Waals surface area contributed by atoms with Crippen molar-refractivity contribution in [1.29, 1.82) is 0 Å². The average Bonchev–Trinajstić information content (AvgIpc) is 2.57. The number of aromatic carboxylic acids is 1. The van der Waals surface area contributed by atoms with E-state index >= 15 is 0 Å². The fourth-order valence-electron chi connectivity index (χ4n) is 1.74. The fraction of sp³-hybridized carbons (Fsp3) is 0.273. The number of aromatic nitrogens is 2. The van der Waals surface area contributed by atoms with Crippen LogP contribution in [0.1, 0.15) is 16.2 Å². The third-order valence-electron chi connectivity index (χ3n) is 2.53. The fourth-order valence-corrected chi connectivity index (χ4v) is 1.74. The summed E-state index contributed by atoms with van der Waals surface area (Å²) in [7, 11) is 1.53. The minimum Gasteiger partial charge on any atom is -0.506 e. The van der Waals surface area contributed by atoms with E-state index in [4.69, 9.17) is 9.84 Å². The Bertz CT molecular complexity index is 589. The van der Waals surface area contributed by atoms with Gasteiger partial charge in [-0.1, -0.05) is 0 Å². The molecule has 2 aromatic rings. The number of aromatic hydroxyl groups is 1. The molecule has 1 aromatic heterocycles. The van der Waals surface area contributed by atoms with E-state index in [1.807, 2.05) is 0 Å². The molecule has 0 saturated carbocycles. The van der Waals surface area contributed by atoms with Crippen LogP contribution in [0.4, 0.5) is 0 Å². The van der Waals surface area contributed by atoms with Gasteiger partial charge >= 0.3 is 5.97 Å². The van der Waals surface area contributed by atoms with Crippen LogP contribution in [0, 0.1) is 6.92 Å². The molecule has 6 nitrogen and oxygen atoms in total. The quantitative estimate of drug-likeness (QED) is 0.840. The van der Waals surface area contributed by atoms with Crippen LogP contribution in [0.15, 0.2) is 12.1 Å². The SMILES string of the molecule is COCn1c(C)nc2c(O)cc(C(=O)O)cc21. The smallest absolute Gasteiger partial charge is 0.335 e. The van der Waals surface area contributed by atoms with Crippen LogP contribution in [-0.2, 0) is 11.5 Å². The van der Waals surface area contributed by atoms with Gasteiger partial charge in [-0.15, -0.1) is 0 Å². The summed E-state index contributed by atoms with van der Waals surface area (Å²) in [5, 5.41) is 18.7. The van der Waals surface area contributed by atoms with Crippen molar-refractivity contribution in [2.45, 2.75) is 13.7 Å². The number of hydrogen-bond acceptors (Lipinski definition) is 4. The van der Waals surface area contributed by atoms with Gasteiger partial charge in [0.05, 0.1) is 11.1 Å². The number of nitrogens with zero attached hydrogens (tertiary/aromatic N) is 2. The Hall–Kier alpha value is -2.08. The molecule has 90 valence electrons. The Morgan fingerprint density at radius 2 is 2.24 bits per heavy atom. The maximum atomic E-state index is 10.9. The van der Waals surface area contributed by atoms with Gasteiger partial charge in [-0.05, 0) is 19.1 Å². The van der Waals surface area contributed by atoms with Crippen molar-refractivity contribution in [3.8, 4) is 5.75 Å². The number of ether oxygens (including phenoxy) is 1. The summed E-state index contributed by atoms with van der Waals surface area (Å²) in [6, 6.07) is 2.66. The Balaban J connectivity index is 2.74. The van der Waals surface area contributed by atoms with E-state index in [0.717, 1.165) is 0 Å². The first-order valence-electron chi connectivity index (χ1n) is 4.96. The lowest BCUT2D eigenvalue weighted by molar-refractivity contribution is 0.0696. The second kappa shape index (κ2) is 4.06. The molecule has 0 aliphatic rings. The van der Waals surface area contributed by atoms with Gasteiger partial charge in [-0.25, -0.2) is 9.78 Å². The molecule has 1 heterocycles. The van der Waals surface area contributed by atoms with Gasteiger partial charge in [-0.2, -0.15) is 0 Å². The van der Waals surface area contributed by atoms with Gasteiger partial charge in [0.15, 0.2) is 0 Å². The van der Waals surface area contributed by atoms with E-state index in [1.54, 1.807) is 11.5 Å². The first-order chi connectivity index (χ1) is 8.04. The minimum atomic E-state index is -1.09. The molecule has 0 bridgehead atoms. The Labute approximate surface area is 97.1 Å². The lowest BCUT2D eigenvalue weighted by Gasteiger charge is -2.05. The second-order valence-electron chi connectivity index (χ2n) is 3.67. The normalized spacial score (nSPS) is 10.9. The monoisotopic (exact) mass is 236 g/mol. The van der Waals surface area contributed by atoms with E-state index < -0.39 is 5.97 Å². The van der Waals surface area contributed by atoms with Gasteiger partial charge in [0.2, 0.25) is 0 Å². The topological polar surface area (TPSA) is 84.6 Å². The number of imidazole rings is 1. The van der Waals surface area contributed by atoms with Crippen LogP contribution in [0.3, 0.4) is 0 Å². The number of phenols is 1. The number of phenolic OH excluding ortho intramolecular Hbond substituents is 1. The maximum Gasteiger partial charge on any atom is 0.335 e. The molecule has 0 radical (unpaired) electrons. The van der Waals surface area contributed by atoms with Crippen molar-refractivity contribution in [2.24, 2.45) is 0 Å². The molecule has 2 N–H and O–H groups in total. The molecule has 2 rings (SSSR count). The highest BCUT2D eigenvalue weighted by Crippen LogP contribution is 2.27. The Kier molecular flexibility index (Phi) is 2.72. The maximum absolute atomic E-state index is 10.9. The van der Waals surface area contributed by atoms with Crippen LogP contribution >= 0.6 is 0 Å². The summed E-state index contributed by atoms with van der Waals surface area (Å²) in [6.45, 7) is 2.02. The third-order valence-corrected chi connectivity index (χ3v) is 2.53. The second-order valence-corrected chi connectivity index (χ2v) is 3.67. The molecule has 1 aromatic carbocycles. The number of carboxylic acids is 1. The standard InChI is InChI=1S/C11H12N2O4/c1-6-12-10-8(13(6)5-17-2)3-7(11(15)16)4-9(10)14/h3-4,14H,5H2,1-2H3,(H,15,16). The zero-order chi connectivity index (χ0) is 12.6. The van der Waals surface area contributed by atoms with Crippen molar-refractivity contribution in [1.82, 2.24) is 9.55 Å². The van der Waals surface area contributed by atoms with E-state index in [2.05, 4.69) is 4.98 Å². The number of fused-ring (bicyclic) bond motifs is 1. The number of methoxy groups -OCH3 is 1. The average molecular weight is 236 g/mol. The molecule has 0 aliphatic heterocycles. The van der Waals surface area contributed by atoms with E-state index in [1.165, 1.54) is 19.2 Å². The number of aryl methyl sites for hydroxylation is 1. The first kappa shape index (κ1) is 11.4. The van der Waals surface area contributed by atoms with Crippen LogP contribution < -0.4 is 0 Å². The minimum absolute atomic E-state index is 0.0206. The van der Waals surface area contributed by atoms with E-state index in [-0.39, 0.29) is 18.0 Å². The molecule has 0 spiro atoms. The highest BCUT2D eigenvalue weighted by molar-refractivity contribution is 5.95. The zero-order valence-corrected chi connectivity index (χ0v) is 9.47. The Morgan fingerprint density at radius 3 is 2.82 bits per heavy atom. The molecule has 17 heavy (non-hydrogen) atoms. The molecule has 6 heteroatoms. The summed E-state index contributed by atoms with van der Waals surface area (Å²) in [5.41, 5.74) is 0.943. The molecule has 0 atom stereocenters. The lowest BCUT2D eigenvalue weighted by Crippen LogP contribution is -2.03. The van der Waals surface area contributed by atoms with Crippen molar-refractivity contribution >= 4 is 17.0 Å². The largest absolute Gasteiger partial charge is 0.506 e. The van der Waals surface area contributed by atoms with Crippen LogP contribution in [0.25, 0.3) is 11.0 Å². The van der Waals surface area contributed by atoms with Crippen molar-refractivity contribution < 1.29 is 19.7 Å². The van der Waals surface area contributed by atoms with Gasteiger partial charge in [0.1, 0.15) is 23.8 Å². The summed E-state index contributed by atoms with van der Waals surface area (Å²) >= 11 is 0. The molecular formula is C11H12N2O4. The van der Waals surface area contributed by atoms with Gasteiger partial charge in [0.25, 0.3) is 0 Å². The third kappa shape index (κ3) is 1.83. The predicted molar refractivity (Wildman–Crippen MR) is 60.1 cm³/mol. The zero-order valence-electron chi connectivity index (χ0n) is 9.47. The summed E-state index contributed by atoms with van der Waals surface area (Å²) in [4.78, 5) is 15.1. The molecule has 0 unspecified atom stereocenters. The highest BCUT2D eigenvalue weighted by atomic mass is 16.5. The highest BCUT2D eigenvalue weighted by Gasteiger charge is 2.14. The van der Waals surface area contributed by atoms with Crippen molar-refractivity contribution in [3.05, 3.63) is 23.5 Å². The van der Waals surface area contributed by atoms with Crippen LogP contribution in [0.5, 0.6) is 5.75 Å². The lowest BCUT2D eigenvalue weighted by atomic mass is 10.2. The van der Waals surface area contributed by atoms with Crippen molar-refractivity contribution in [3.63, 3.8) is 0 Å². The number of benzene rings is 1. The molecule has 0 aliphatic carbocycles. The number of carboxylic acid groups (broad SMARTS) is 1.